The van der Waals surface area contributed by atoms with E-state index >= 15 is 0 Å². The van der Waals surface area contributed by atoms with E-state index in [4.69, 9.17) is 0 Å². The van der Waals surface area contributed by atoms with E-state index in [0.29, 0.717) is 12.6 Å². The van der Waals surface area contributed by atoms with Gasteiger partial charge in [0.05, 0.1) is 6.54 Å². The van der Waals surface area contributed by atoms with E-state index in [-0.39, 0.29) is 12.1 Å². The highest BCUT2D eigenvalue weighted by Gasteiger charge is 2.33. The first kappa shape index (κ1) is 17.5. The van der Waals surface area contributed by atoms with Gasteiger partial charge in [0.15, 0.2) is 0 Å². The Kier molecular flexibility index (Phi) is 5.11. The Morgan fingerprint density at radius 3 is 2.80 bits per heavy atom. The van der Waals surface area contributed by atoms with E-state index < -0.39 is 0 Å². The second-order valence-electron chi connectivity index (χ2n) is 7.36. The molecule has 0 aliphatic heterocycles. The number of urea groups is 1. The van der Waals surface area contributed by atoms with Crippen molar-refractivity contribution in [3.63, 3.8) is 0 Å². The Labute approximate surface area is 150 Å². The highest BCUT2D eigenvalue weighted by molar-refractivity contribution is 5.75. The molecule has 0 spiro atoms. The van der Waals surface area contributed by atoms with Crippen molar-refractivity contribution in [2.24, 2.45) is 0 Å². The van der Waals surface area contributed by atoms with Crippen molar-refractivity contribution in [2.75, 3.05) is 0 Å². The van der Waals surface area contributed by atoms with Gasteiger partial charge < -0.3 is 14.8 Å². The number of aryl methyl sites for hydroxylation is 2. The van der Waals surface area contributed by atoms with Gasteiger partial charge in [-0.25, -0.2) is 9.78 Å². The first-order valence-electron chi connectivity index (χ1n) is 9.07. The van der Waals surface area contributed by atoms with Gasteiger partial charge >= 0.3 is 6.03 Å². The molecular weight excluding hydrogens is 312 g/mol. The molecule has 2 aromatic rings. The fourth-order valence-electron chi connectivity index (χ4n) is 3.02. The Morgan fingerprint density at radius 1 is 1.36 bits per heavy atom. The summed E-state index contributed by atoms with van der Waals surface area (Å²) in [5.74, 6) is 0.937. The van der Waals surface area contributed by atoms with Crippen LogP contribution in [0.2, 0.25) is 0 Å². The largest absolute Gasteiger partial charge is 0.336 e. The zero-order valence-corrected chi connectivity index (χ0v) is 15.6. The van der Waals surface area contributed by atoms with Crippen LogP contribution < -0.4 is 5.32 Å². The third kappa shape index (κ3) is 4.41. The molecule has 0 bridgehead atoms. The second-order valence-corrected chi connectivity index (χ2v) is 7.36. The maximum Gasteiger partial charge on any atom is 0.318 e. The highest BCUT2D eigenvalue weighted by atomic mass is 16.2. The monoisotopic (exact) mass is 340 g/mol. The second kappa shape index (κ2) is 7.30. The molecule has 1 aromatic carbocycles. The Bertz CT molecular complexity index is 746. The van der Waals surface area contributed by atoms with Gasteiger partial charge in [-0.1, -0.05) is 23.8 Å². The van der Waals surface area contributed by atoms with Crippen molar-refractivity contribution in [1.29, 1.82) is 0 Å². The maximum absolute atomic E-state index is 12.5. The van der Waals surface area contributed by atoms with Crippen molar-refractivity contribution < 1.29 is 4.79 Å². The van der Waals surface area contributed by atoms with Crippen molar-refractivity contribution in [3.05, 3.63) is 53.1 Å². The number of carbonyl (C=O) groups excluding carboxylic acids is 1. The fraction of sp³-hybridized carbons (Fsp3) is 0.500. The zero-order chi connectivity index (χ0) is 18.0. The van der Waals surface area contributed by atoms with Crippen LogP contribution in [0.5, 0.6) is 0 Å². The lowest BCUT2D eigenvalue weighted by Gasteiger charge is -2.24. The predicted octanol–water partition coefficient (Wildman–Crippen LogP) is 3.63. The first-order chi connectivity index (χ1) is 11.9. The van der Waals surface area contributed by atoms with Crippen molar-refractivity contribution in [3.8, 4) is 0 Å². The lowest BCUT2D eigenvalue weighted by Crippen LogP contribution is -2.44. The number of nitrogens with one attached hydrogen (secondary N) is 1. The van der Waals surface area contributed by atoms with E-state index in [1.165, 1.54) is 16.7 Å². The summed E-state index contributed by atoms with van der Waals surface area (Å²) < 4.78 is 2.15. The molecule has 1 heterocycles. The molecule has 5 heteroatoms. The number of benzene rings is 1. The minimum absolute atomic E-state index is 0.0128. The number of hydrogen-bond donors (Lipinski definition) is 1. The van der Waals surface area contributed by atoms with Gasteiger partial charge in [-0.15, -0.1) is 0 Å². The lowest BCUT2D eigenvalue weighted by atomic mass is 10.1. The molecule has 0 radical (unpaired) electrons. The molecule has 1 aliphatic rings. The molecule has 5 nitrogen and oxygen atoms in total. The van der Waals surface area contributed by atoms with E-state index in [9.17, 15) is 4.79 Å². The average Bonchev–Trinajstić information content (AvgIpc) is 3.29. The van der Waals surface area contributed by atoms with Gasteiger partial charge in [0.1, 0.15) is 5.82 Å². The van der Waals surface area contributed by atoms with Gasteiger partial charge in [-0.05, 0) is 51.7 Å². The van der Waals surface area contributed by atoms with E-state index in [0.717, 1.165) is 25.2 Å². The quantitative estimate of drug-likeness (QED) is 0.873. The SMILES string of the molecule is Cc1ccc(C)c(Cn2ccnc2CN(C(=O)NC(C)C)C2CC2)c1. The van der Waals surface area contributed by atoms with Crippen molar-refractivity contribution in [2.45, 2.75) is 65.7 Å². The number of nitrogens with zero attached hydrogens (tertiary/aromatic N) is 3. The van der Waals surface area contributed by atoms with E-state index in [1.807, 2.05) is 31.1 Å². The standard InChI is InChI=1S/C20H28N4O/c1-14(2)22-20(25)24(18-7-8-18)13-19-21-9-10-23(19)12-17-11-15(3)5-6-16(17)4/h5-6,9-11,14,18H,7-8,12-13H2,1-4H3,(H,22,25). The summed E-state index contributed by atoms with van der Waals surface area (Å²) >= 11 is 0. The summed E-state index contributed by atoms with van der Waals surface area (Å²) in [4.78, 5) is 19.0. The highest BCUT2D eigenvalue weighted by Crippen LogP contribution is 2.28. The molecule has 1 aliphatic carbocycles. The summed E-state index contributed by atoms with van der Waals surface area (Å²) in [6, 6.07) is 7.03. The fourth-order valence-corrected chi connectivity index (χ4v) is 3.02. The smallest absolute Gasteiger partial charge is 0.318 e. The summed E-state index contributed by atoms with van der Waals surface area (Å²) in [5, 5.41) is 3.01. The number of rotatable bonds is 6. The Morgan fingerprint density at radius 2 is 2.12 bits per heavy atom. The average molecular weight is 340 g/mol. The molecule has 1 saturated carbocycles. The number of imidazole rings is 1. The van der Waals surface area contributed by atoms with E-state index in [1.54, 1.807) is 0 Å². The van der Waals surface area contributed by atoms with Crippen LogP contribution in [0.3, 0.4) is 0 Å². The molecule has 3 rings (SSSR count). The Balaban J connectivity index is 1.76. The van der Waals surface area contributed by atoms with Crippen molar-refractivity contribution in [1.82, 2.24) is 19.8 Å². The van der Waals surface area contributed by atoms with Crippen LogP contribution >= 0.6 is 0 Å². The minimum Gasteiger partial charge on any atom is -0.336 e. The van der Waals surface area contributed by atoms with Gasteiger partial charge in [0, 0.05) is 31.0 Å². The molecule has 2 amide bonds. The minimum atomic E-state index is 0.0128. The first-order valence-corrected chi connectivity index (χ1v) is 9.07. The Hall–Kier alpha value is -2.30. The number of carbonyl (C=O) groups is 1. The molecule has 134 valence electrons. The molecule has 1 aromatic heterocycles. The number of aromatic nitrogens is 2. The van der Waals surface area contributed by atoms with Gasteiger partial charge in [0.25, 0.3) is 0 Å². The normalized spacial score (nSPS) is 14.0. The third-order valence-corrected chi connectivity index (χ3v) is 4.62. The van der Waals surface area contributed by atoms with Crippen LogP contribution in [-0.4, -0.2) is 32.6 Å². The van der Waals surface area contributed by atoms with Gasteiger partial charge in [-0.2, -0.15) is 0 Å². The van der Waals surface area contributed by atoms with Crippen molar-refractivity contribution >= 4 is 6.03 Å². The lowest BCUT2D eigenvalue weighted by molar-refractivity contribution is 0.187. The molecular formula is C20H28N4O. The number of hydrogen-bond acceptors (Lipinski definition) is 2. The predicted molar refractivity (Wildman–Crippen MR) is 99.5 cm³/mol. The van der Waals surface area contributed by atoms with Gasteiger partial charge in [0.2, 0.25) is 0 Å². The van der Waals surface area contributed by atoms with E-state index in [2.05, 4.69) is 46.9 Å². The summed E-state index contributed by atoms with van der Waals surface area (Å²) in [6.45, 7) is 9.57. The van der Waals surface area contributed by atoms with Gasteiger partial charge in [-0.3, -0.25) is 0 Å². The summed E-state index contributed by atoms with van der Waals surface area (Å²) in [7, 11) is 0. The van der Waals surface area contributed by atoms with Crippen LogP contribution in [0, 0.1) is 13.8 Å². The molecule has 1 N–H and O–H groups in total. The molecule has 0 saturated heterocycles. The topological polar surface area (TPSA) is 50.2 Å². The summed E-state index contributed by atoms with van der Waals surface area (Å²) in [5.41, 5.74) is 3.84. The zero-order valence-electron chi connectivity index (χ0n) is 15.6. The van der Waals surface area contributed by atoms with Crippen LogP contribution in [0.4, 0.5) is 4.79 Å². The maximum atomic E-state index is 12.5. The molecule has 0 unspecified atom stereocenters. The summed E-state index contributed by atoms with van der Waals surface area (Å²) in [6.07, 6.45) is 6.00. The molecule has 1 fully saturated rings. The van der Waals surface area contributed by atoms with Crippen LogP contribution in [-0.2, 0) is 13.1 Å². The van der Waals surface area contributed by atoms with Crippen LogP contribution in [0.25, 0.3) is 0 Å². The number of amides is 2. The van der Waals surface area contributed by atoms with Crippen LogP contribution in [0.15, 0.2) is 30.6 Å². The van der Waals surface area contributed by atoms with Crippen LogP contribution in [0.1, 0.15) is 49.2 Å². The molecule has 0 atom stereocenters. The third-order valence-electron chi connectivity index (χ3n) is 4.62. The molecule has 25 heavy (non-hydrogen) atoms.